The van der Waals surface area contributed by atoms with Crippen molar-refractivity contribution >= 4 is 18.1 Å². The summed E-state index contributed by atoms with van der Waals surface area (Å²) in [6.45, 7) is 1.69. The Labute approximate surface area is 110 Å². The van der Waals surface area contributed by atoms with E-state index in [9.17, 15) is 14.7 Å². The Morgan fingerprint density at radius 3 is 2.79 bits per heavy atom. The first kappa shape index (κ1) is 12.8. The summed E-state index contributed by atoms with van der Waals surface area (Å²) in [5.74, 6) is -0.0461. The van der Waals surface area contributed by atoms with Crippen LogP contribution in [0.1, 0.15) is 32.0 Å². The number of phenolic OH excluding ortho intramolecular Hbond substituents is 1. The molecule has 0 radical (unpaired) electrons. The molecule has 1 aromatic carbocycles. The molecule has 4 nitrogen and oxygen atoms in total. The highest BCUT2D eigenvalue weighted by Gasteiger charge is 2.06. The number of benzene rings is 1. The van der Waals surface area contributed by atoms with Crippen molar-refractivity contribution < 1.29 is 19.1 Å². The average molecular weight is 256 g/mol. The van der Waals surface area contributed by atoms with Crippen LogP contribution in [0, 0.1) is 6.92 Å². The molecule has 1 aromatic heterocycles. The fraction of sp³-hybridized carbons (Fsp3) is 0.0667. The minimum Gasteiger partial charge on any atom is -0.507 e. The summed E-state index contributed by atoms with van der Waals surface area (Å²) in [7, 11) is 0. The Kier molecular flexibility index (Phi) is 3.61. The molecule has 4 heteroatoms. The third-order valence-corrected chi connectivity index (χ3v) is 2.67. The molecule has 0 spiro atoms. The fourth-order valence-corrected chi connectivity index (χ4v) is 1.69. The van der Waals surface area contributed by atoms with Crippen molar-refractivity contribution in [2.24, 2.45) is 0 Å². The van der Waals surface area contributed by atoms with E-state index in [1.54, 1.807) is 31.2 Å². The van der Waals surface area contributed by atoms with Crippen LogP contribution in [-0.4, -0.2) is 17.2 Å². The number of rotatable bonds is 4. The first-order valence-electron chi connectivity index (χ1n) is 5.66. The first-order chi connectivity index (χ1) is 9.11. The van der Waals surface area contributed by atoms with Crippen molar-refractivity contribution in [2.45, 2.75) is 6.92 Å². The van der Waals surface area contributed by atoms with E-state index < -0.39 is 0 Å². The van der Waals surface area contributed by atoms with Gasteiger partial charge >= 0.3 is 0 Å². The van der Waals surface area contributed by atoms with E-state index in [0.29, 0.717) is 17.4 Å². The fourth-order valence-electron chi connectivity index (χ4n) is 1.69. The summed E-state index contributed by atoms with van der Waals surface area (Å²) in [6.07, 6.45) is 4.94. The number of aryl methyl sites for hydroxylation is 1. The van der Waals surface area contributed by atoms with E-state index >= 15 is 0 Å². The average Bonchev–Trinajstić information content (AvgIpc) is 2.93. The van der Waals surface area contributed by atoms with Crippen molar-refractivity contribution in [3.05, 3.63) is 59.1 Å². The predicted octanol–water partition coefficient (Wildman–Crippen LogP) is 3.00. The third kappa shape index (κ3) is 2.80. The summed E-state index contributed by atoms with van der Waals surface area (Å²) >= 11 is 0. The number of hydrogen-bond acceptors (Lipinski definition) is 4. The lowest BCUT2D eigenvalue weighted by Crippen LogP contribution is -1.91. The van der Waals surface area contributed by atoms with Crippen molar-refractivity contribution in [3.63, 3.8) is 0 Å². The Hall–Kier alpha value is -2.62. The number of hydrogen-bond donors (Lipinski definition) is 1. The normalized spacial score (nSPS) is 10.8. The highest BCUT2D eigenvalue weighted by molar-refractivity contribution is 6.04. The van der Waals surface area contributed by atoms with Crippen LogP contribution in [0.2, 0.25) is 0 Å². The lowest BCUT2D eigenvalue weighted by atomic mass is 10.0. The molecule has 0 saturated heterocycles. The zero-order chi connectivity index (χ0) is 13.8. The van der Waals surface area contributed by atoms with Crippen LogP contribution in [0.25, 0.3) is 6.08 Å². The van der Waals surface area contributed by atoms with Gasteiger partial charge < -0.3 is 9.52 Å². The summed E-state index contributed by atoms with van der Waals surface area (Å²) in [4.78, 5) is 22.5. The van der Waals surface area contributed by atoms with Gasteiger partial charge in [-0.05, 0) is 48.4 Å². The Morgan fingerprint density at radius 2 is 2.16 bits per heavy atom. The van der Waals surface area contributed by atoms with Gasteiger partial charge in [0.1, 0.15) is 5.75 Å². The van der Waals surface area contributed by atoms with E-state index in [0.717, 1.165) is 0 Å². The summed E-state index contributed by atoms with van der Waals surface area (Å²) in [5, 5.41) is 9.61. The van der Waals surface area contributed by atoms with Crippen LogP contribution in [0.4, 0.5) is 0 Å². The topological polar surface area (TPSA) is 67.5 Å². The molecule has 0 saturated carbocycles. The number of ketones is 1. The number of furan rings is 1. The Bertz CT molecular complexity index is 636. The number of phenols is 1. The number of carbonyl (C=O) groups excluding carboxylic acids is 2. The molecule has 19 heavy (non-hydrogen) atoms. The molecule has 0 atom stereocenters. The number of aldehydes is 1. The van der Waals surface area contributed by atoms with Crippen molar-refractivity contribution in [1.29, 1.82) is 0 Å². The molecule has 0 aliphatic heterocycles. The molecule has 0 amide bonds. The smallest absolute Gasteiger partial charge is 0.221 e. The predicted molar refractivity (Wildman–Crippen MR) is 70.3 cm³/mol. The second-order valence-electron chi connectivity index (χ2n) is 4.07. The van der Waals surface area contributed by atoms with Gasteiger partial charge in [0, 0.05) is 0 Å². The van der Waals surface area contributed by atoms with Crippen LogP contribution in [0.5, 0.6) is 5.75 Å². The lowest BCUT2D eigenvalue weighted by molar-refractivity contribution is 0.102. The maximum atomic E-state index is 11.7. The monoisotopic (exact) mass is 256 g/mol. The molecule has 0 aliphatic carbocycles. The van der Waals surface area contributed by atoms with Crippen LogP contribution in [0.15, 0.2) is 41.0 Å². The van der Waals surface area contributed by atoms with Crippen molar-refractivity contribution in [2.75, 3.05) is 0 Å². The maximum Gasteiger partial charge on any atom is 0.221 e. The molecule has 0 fully saturated rings. The van der Waals surface area contributed by atoms with Crippen LogP contribution >= 0.6 is 0 Å². The summed E-state index contributed by atoms with van der Waals surface area (Å²) < 4.78 is 4.97. The largest absolute Gasteiger partial charge is 0.507 e. The molecular formula is C15H12O4. The van der Waals surface area contributed by atoms with Gasteiger partial charge in [0.25, 0.3) is 0 Å². The number of allylic oxidation sites excluding steroid dienone is 1. The second-order valence-corrected chi connectivity index (χ2v) is 4.07. The molecule has 96 valence electrons. The van der Waals surface area contributed by atoms with Crippen LogP contribution in [-0.2, 0) is 0 Å². The minimum atomic E-state index is -0.261. The van der Waals surface area contributed by atoms with E-state index in [4.69, 9.17) is 4.42 Å². The molecule has 0 bridgehead atoms. The second kappa shape index (κ2) is 5.35. The number of aromatic hydroxyl groups is 1. The van der Waals surface area contributed by atoms with E-state index in [2.05, 4.69) is 0 Å². The van der Waals surface area contributed by atoms with Gasteiger partial charge in [-0.25, -0.2) is 0 Å². The molecule has 2 aromatic rings. The molecule has 0 unspecified atom stereocenters. The molecule has 0 aliphatic rings. The highest BCUT2D eigenvalue weighted by atomic mass is 16.3. The highest BCUT2D eigenvalue weighted by Crippen LogP contribution is 2.23. The summed E-state index contributed by atoms with van der Waals surface area (Å²) in [6, 6.07) is 6.41. The van der Waals surface area contributed by atoms with Gasteiger partial charge in [-0.3, -0.25) is 9.59 Å². The van der Waals surface area contributed by atoms with Crippen LogP contribution < -0.4 is 0 Å². The number of carbonyl (C=O) groups is 2. The first-order valence-corrected chi connectivity index (χ1v) is 5.66. The minimum absolute atomic E-state index is 0.0375. The standard InChI is InChI=1S/C15H12O4/c1-10-7-11(8-12(9-16)15(10)18)4-5-13(17)14-3-2-6-19-14/h2-9,18H,1H3/b5-4+. The van der Waals surface area contributed by atoms with E-state index in [1.165, 1.54) is 18.4 Å². The SMILES string of the molecule is Cc1cc(/C=C/C(=O)c2ccco2)cc(C=O)c1O. The van der Waals surface area contributed by atoms with Crippen LogP contribution in [0.3, 0.4) is 0 Å². The molecule has 1 N–H and O–H groups in total. The summed E-state index contributed by atoms with van der Waals surface area (Å²) in [5.41, 5.74) is 1.44. The Balaban J connectivity index is 2.26. The van der Waals surface area contributed by atoms with E-state index in [-0.39, 0.29) is 22.9 Å². The molecule has 1 heterocycles. The lowest BCUT2D eigenvalue weighted by Gasteiger charge is -2.03. The zero-order valence-electron chi connectivity index (χ0n) is 10.3. The van der Waals surface area contributed by atoms with Gasteiger partial charge in [-0.1, -0.05) is 6.08 Å². The van der Waals surface area contributed by atoms with Crippen molar-refractivity contribution in [3.8, 4) is 5.75 Å². The van der Waals surface area contributed by atoms with Gasteiger partial charge in [0.2, 0.25) is 5.78 Å². The van der Waals surface area contributed by atoms with Gasteiger partial charge in [0.15, 0.2) is 12.0 Å². The van der Waals surface area contributed by atoms with Gasteiger partial charge in [-0.2, -0.15) is 0 Å². The van der Waals surface area contributed by atoms with Gasteiger partial charge in [-0.15, -0.1) is 0 Å². The van der Waals surface area contributed by atoms with Gasteiger partial charge in [0.05, 0.1) is 11.8 Å². The third-order valence-electron chi connectivity index (χ3n) is 2.67. The Morgan fingerprint density at radius 1 is 1.37 bits per heavy atom. The quantitative estimate of drug-likeness (QED) is 0.518. The van der Waals surface area contributed by atoms with E-state index in [1.807, 2.05) is 0 Å². The van der Waals surface area contributed by atoms with Crippen molar-refractivity contribution in [1.82, 2.24) is 0 Å². The maximum absolute atomic E-state index is 11.7. The zero-order valence-corrected chi connectivity index (χ0v) is 10.3. The molecule has 2 rings (SSSR count). The molecular weight excluding hydrogens is 244 g/mol.